The van der Waals surface area contributed by atoms with Gasteiger partial charge < -0.3 is 19.9 Å². The predicted molar refractivity (Wildman–Crippen MR) is 111 cm³/mol. The molecule has 0 radical (unpaired) electrons. The highest BCUT2D eigenvalue weighted by atomic mass is 16.5. The molecule has 2 aromatic carbocycles. The van der Waals surface area contributed by atoms with Gasteiger partial charge in [0.1, 0.15) is 5.75 Å². The van der Waals surface area contributed by atoms with Gasteiger partial charge in [-0.15, -0.1) is 0 Å². The summed E-state index contributed by atoms with van der Waals surface area (Å²) in [5.74, 6) is 0.562. The minimum Gasteiger partial charge on any atom is -0.484 e. The Kier molecular flexibility index (Phi) is 6.35. The van der Waals surface area contributed by atoms with Crippen molar-refractivity contribution in [3.8, 4) is 5.75 Å². The topological polar surface area (TPSA) is 44.8 Å². The third-order valence-electron chi connectivity index (χ3n) is 5.03. The van der Waals surface area contributed by atoms with Crippen LogP contribution in [0.4, 0.5) is 11.4 Å². The number of nitrogens with one attached hydrogen (secondary N) is 1. The first-order valence-electron chi connectivity index (χ1n) is 9.62. The highest BCUT2D eigenvalue weighted by molar-refractivity contribution is 5.92. The molecule has 1 amide bonds. The number of carbonyl (C=O) groups excluding carboxylic acids is 1. The van der Waals surface area contributed by atoms with Gasteiger partial charge in [0.15, 0.2) is 6.61 Å². The van der Waals surface area contributed by atoms with Gasteiger partial charge >= 0.3 is 0 Å². The molecule has 5 heteroatoms. The second kappa shape index (κ2) is 8.91. The standard InChI is InChI=1S/C22H29N3O2/c1-4-24-10-12-25(13-11-24)19-8-9-21(18(3)15-19)23-22(26)16-27-20-7-5-6-17(2)14-20/h5-9,14-15H,4,10-13,16H2,1-3H3,(H,23,26). The zero-order valence-electron chi connectivity index (χ0n) is 16.5. The molecule has 1 aliphatic rings. The molecule has 3 rings (SSSR count). The number of nitrogens with zero attached hydrogens (tertiary/aromatic N) is 2. The summed E-state index contributed by atoms with van der Waals surface area (Å²) in [6.45, 7) is 11.6. The normalized spacial score (nSPS) is 14.9. The fourth-order valence-corrected chi connectivity index (χ4v) is 3.35. The molecular weight excluding hydrogens is 338 g/mol. The van der Waals surface area contributed by atoms with E-state index in [0.717, 1.165) is 49.5 Å². The average Bonchev–Trinajstić information content (AvgIpc) is 2.68. The summed E-state index contributed by atoms with van der Waals surface area (Å²) in [4.78, 5) is 17.1. The molecule has 1 N–H and O–H groups in total. The van der Waals surface area contributed by atoms with Crippen molar-refractivity contribution in [2.45, 2.75) is 20.8 Å². The molecule has 1 fully saturated rings. The summed E-state index contributed by atoms with van der Waals surface area (Å²) in [6, 6.07) is 13.9. The number of amides is 1. The van der Waals surface area contributed by atoms with E-state index in [2.05, 4.69) is 34.2 Å². The van der Waals surface area contributed by atoms with Crippen LogP contribution in [-0.4, -0.2) is 50.1 Å². The Balaban J connectivity index is 1.55. The number of likely N-dealkylation sites (N-methyl/N-ethyl adjacent to an activating group) is 1. The molecule has 0 bridgehead atoms. The summed E-state index contributed by atoms with van der Waals surface area (Å²) in [5.41, 5.74) is 4.23. The lowest BCUT2D eigenvalue weighted by molar-refractivity contribution is -0.118. The number of carbonyl (C=O) groups is 1. The number of ether oxygens (including phenoxy) is 1. The smallest absolute Gasteiger partial charge is 0.262 e. The van der Waals surface area contributed by atoms with Gasteiger partial charge in [-0.05, 0) is 61.9 Å². The van der Waals surface area contributed by atoms with E-state index in [-0.39, 0.29) is 12.5 Å². The largest absolute Gasteiger partial charge is 0.484 e. The lowest BCUT2D eigenvalue weighted by atomic mass is 10.1. The van der Waals surface area contributed by atoms with Gasteiger partial charge in [-0.3, -0.25) is 4.79 Å². The van der Waals surface area contributed by atoms with Crippen LogP contribution in [0.15, 0.2) is 42.5 Å². The number of piperazine rings is 1. The van der Waals surface area contributed by atoms with Crippen LogP contribution in [0.1, 0.15) is 18.1 Å². The minimum absolute atomic E-state index is 0.00359. The van der Waals surface area contributed by atoms with Crippen molar-refractivity contribution in [3.05, 3.63) is 53.6 Å². The highest BCUT2D eigenvalue weighted by Crippen LogP contribution is 2.24. The van der Waals surface area contributed by atoms with Crippen molar-refractivity contribution in [2.24, 2.45) is 0 Å². The van der Waals surface area contributed by atoms with Crippen LogP contribution in [0.2, 0.25) is 0 Å². The Morgan fingerprint density at radius 1 is 1.07 bits per heavy atom. The summed E-state index contributed by atoms with van der Waals surface area (Å²) in [5, 5.41) is 2.95. The molecule has 1 heterocycles. The second-order valence-corrected chi connectivity index (χ2v) is 7.07. The Hall–Kier alpha value is -2.53. The summed E-state index contributed by atoms with van der Waals surface area (Å²) in [7, 11) is 0. The van der Waals surface area contributed by atoms with Crippen LogP contribution in [-0.2, 0) is 4.79 Å². The van der Waals surface area contributed by atoms with Crippen LogP contribution >= 0.6 is 0 Å². The molecule has 144 valence electrons. The molecule has 2 aromatic rings. The molecule has 0 aromatic heterocycles. The molecule has 1 aliphatic heterocycles. The van der Waals surface area contributed by atoms with E-state index in [9.17, 15) is 4.79 Å². The summed E-state index contributed by atoms with van der Waals surface area (Å²) < 4.78 is 5.58. The SMILES string of the molecule is CCN1CCN(c2ccc(NC(=O)COc3cccc(C)c3)c(C)c2)CC1. The van der Waals surface area contributed by atoms with E-state index >= 15 is 0 Å². The fourth-order valence-electron chi connectivity index (χ4n) is 3.35. The Bertz CT molecular complexity index is 783. The van der Waals surface area contributed by atoms with E-state index < -0.39 is 0 Å². The van der Waals surface area contributed by atoms with Gasteiger partial charge in [0.05, 0.1) is 0 Å². The predicted octanol–water partition coefficient (Wildman–Crippen LogP) is 3.46. The first kappa shape index (κ1) is 19.2. The molecule has 0 aliphatic carbocycles. The van der Waals surface area contributed by atoms with Gasteiger partial charge in [0.2, 0.25) is 0 Å². The zero-order valence-corrected chi connectivity index (χ0v) is 16.5. The maximum Gasteiger partial charge on any atom is 0.262 e. The Labute approximate surface area is 161 Å². The molecular formula is C22H29N3O2. The van der Waals surface area contributed by atoms with Crippen molar-refractivity contribution in [1.29, 1.82) is 0 Å². The third-order valence-corrected chi connectivity index (χ3v) is 5.03. The summed E-state index contributed by atoms with van der Waals surface area (Å²) >= 11 is 0. The van der Waals surface area contributed by atoms with E-state index in [0.29, 0.717) is 5.75 Å². The quantitative estimate of drug-likeness (QED) is 0.849. The first-order chi connectivity index (χ1) is 13.0. The van der Waals surface area contributed by atoms with Crippen molar-refractivity contribution >= 4 is 17.3 Å². The van der Waals surface area contributed by atoms with E-state index in [1.54, 1.807) is 0 Å². The number of rotatable bonds is 6. The number of hydrogen-bond donors (Lipinski definition) is 1. The Morgan fingerprint density at radius 3 is 2.52 bits per heavy atom. The first-order valence-corrected chi connectivity index (χ1v) is 9.62. The maximum absolute atomic E-state index is 12.2. The van der Waals surface area contributed by atoms with Crippen molar-refractivity contribution in [3.63, 3.8) is 0 Å². The van der Waals surface area contributed by atoms with Crippen LogP contribution in [0.3, 0.4) is 0 Å². The van der Waals surface area contributed by atoms with Gasteiger partial charge in [-0.25, -0.2) is 0 Å². The third kappa shape index (κ3) is 5.23. The van der Waals surface area contributed by atoms with Crippen molar-refractivity contribution in [1.82, 2.24) is 4.90 Å². The van der Waals surface area contributed by atoms with E-state index in [1.807, 2.05) is 44.2 Å². The lowest BCUT2D eigenvalue weighted by Gasteiger charge is -2.35. The molecule has 1 saturated heterocycles. The monoisotopic (exact) mass is 367 g/mol. The fraction of sp³-hybridized carbons (Fsp3) is 0.409. The van der Waals surface area contributed by atoms with Crippen molar-refractivity contribution < 1.29 is 9.53 Å². The number of hydrogen-bond acceptors (Lipinski definition) is 4. The van der Waals surface area contributed by atoms with Crippen LogP contribution in [0, 0.1) is 13.8 Å². The molecule has 27 heavy (non-hydrogen) atoms. The molecule has 0 atom stereocenters. The molecule has 5 nitrogen and oxygen atoms in total. The van der Waals surface area contributed by atoms with Crippen LogP contribution < -0.4 is 15.0 Å². The number of aryl methyl sites for hydroxylation is 2. The van der Waals surface area contributed by atoms with Gasteiger partial charge in [-0.2, -0.15) is 0 Å². The Morgan fingerprint density at radius 2 is 1.85 bits per heavy atom. The second-order valence-electron chi connectivity index (χ2n) is 7.07. The van der Waals surface area contributed by atoms with Crippen LogP contribution in [0.25, 0.3) is 0 Å². The molecule has 0 unspecified atom stereocenters. The molecule has 0 spiro atoms. The lowest BCUT2D eigenvalue weighted by Crippen LogP contribution is -2.46. The van der Waals surface area contributed by atoms with Crippen LogP contribution in [0.5, 0.6) is 5.75 Å². The van der Waals surface area contributed by atoms with E-state index in [4.69, 9.17) is 4.74 Å². The molecule has 0 saturated carbocycles. The highest BCUT2D eigenvalue weighted by Gasteiger charge is 2.16. The maximum atomic E-state index is 12.2. The van der Waals surface area contributed by atoms with Gasteiger partial charge in [0.25, 0.3) is 5.91 Å². The van der Waals surface area contributed by atoms with Gasteiger partial charge in [0, 0.05) is 37.6 Å². The van der Waals surface area contributed by atoms with Crippen molar-refractivity contribution in [2.75, 3.05) is 49.5 Å². The number of anilines is 2. The van der Waals surface area contributed by atoms with Gasteiger partial charge in [-0.1, -0.05) is 19.1 Å². The van der Waals surface area contributed by atoms with E-state index in [1.165, 1.54) is 5.69 Å². The number of benzene rings is 2. The minimum atomic E-state index is -0.149. The average molecular weight is 367 g/mol. The summed E-state index contributed by atoms with van der Waals surface area (Å²) in [6.07, 6.45) is 0. The zero-order chi connectivity index (χ0) is 19.2.